The molecule has 4 N–H and O–H groups in total. The van der Waals surface area contributed by atoms with E-state index in [-0.39, 0.29) is 0 Å². The van der Waals surface area contributed by atoms with Gasteiger partial charge in [-0.3, -0.25) is 0 Å². The van der Waals surface area contributed by atoms with Gasteiger partial charge in [-0.2, -0.15) is 0 Å². The molecule has 2 atom stereocenters. The first-order valence-electron chi connectivity index (χ1n) is 2.76. The number of nitrogens with two attached hydrogens (primary N) is 1. The Morgan fingerprint density at radius 3 is 2.33 bits per heavy atom. The second-order valence-electron chi connectivity index (χ2n) is 1.86. The molecule has 0 radical (unpaired) electrons. The van der Waals surface area contributed by atoms with E-state index in [9.17, 15) is 4.79 Å². The average Bonchev–Trinajstić information content (AvgIpc) is 1.84. The van der Waals surface area contributed by atoms with Crippen molar-refractivity contribution in [1.82, 2.24) is 0 Å². The molecule has 0 aliphatic rings. The Balaban J connectivity index is 3.72. The van der Waals surface area contributed by atoms with Crippen molar-refractivity contribution in [3.05, 3.63) is 0 Å². The van der Waals surface area contributed by atoms with Crippen molar-refractivity contribution in [2.24, 2.45) is 5.73 Å². The first kappa shape index (κ1) is 8.39. The van der Waals surface area contributed by atoms with Gasteiger partial charge in [-0.1, -0.05) is 6.92 Å². The van der Waals surface area contributed by atoms with Crippen LogP contribution in [0.3, 0.4) is 0 Å². The number of carboxylic acids is 1. The van der Waals surface area contributed by atoms with Gasteiger partial charge in [0.1, 0.15) is 0 Å². The summed E-state index contributed by atoms with van der Waals surface area (Å²) in [7, 11) is 0. The van der Waals surface area contributed by atoms with Gasteiger partial charge in [-0.25, -0.2) is 4.79 Å². The highest BCUT2D eigenvalue weighted by Crippen LogP contribution is 1.93. The van der Waals surface area contributed by atoms with Crippen molar-refractivity contribution in [3.63, 3.8) is 0 Å². The summed E-state index contributed by atoms with van der Waals surface area (Å²) in [6.07, 6.45) is -0.956. The predicted molar refractivity (Wildman–Crippen MR) is 31.9 cm³/mol. The van der Waals surface area contributed by atoms with Crippen LogP contribution in [0.5, 0.6) is 0 Å². The highest BCUT2D eigenvalue weighted by molar-refractivity contribution is 5.72. The molecule has 0 rings (SSSR count). The molecule has 0 aromatic carbocycles. The van der Waals surface area contributed by atoms with Gasteiger partial charge in [0.05, 0.1) is 0 Å². The molecule has 0 heterocycles. The molecule has 9 heavy (non-hydrogen) atoms. The minimum atomic E-state index is -1.42. The fourth-order valence-corrected chi connectivity index (χ4v) is 0.406. The fraction of sp³-hybridized carbons (Fsp3) is 0.800. The molecular formula is C5H11NO3. The molecule has 0 aliphatic heterocycles. The molecule has 4 nitrogen and oxygen atoms in total. The quantitative estimate of drug-likeness (QED) is 0.469. The van der Waals surface area contributed by atoms with E-state index in [1.165, 1.54) is 0 Å². The second kappa shape index (κ2) is 3.42. The summed E-state index contributed by atoms with van der Waals surface area (Å²) in [5.41, 5.74) is 5.19. The minimum Gasteiger partial charge on any atom is -0.479 e. The zero-order valence-corrected chi connectivity index (χ0v) is 5.24. The van der Waals surface area contributed by atoms with E-state index in [4.69, 9.17) is 15.9 Å². The number of carbonyl (C=O) groups is 1. The molecule has 2 unspecified atom stereocenters. The lowest BCUT2D eigenvalue weighted by atomic mass is 10.1. The molecule has 0 saturated carbocycles. The van der Waals surface area contributed by atoms with Gasteiger partial charge in [0, 0.05) is 6.04 Å². The van der Waals surface area contributed by atoms with Crippen molar-refractivity contribution in [1.29, 1.82) is 0 Å². The van der Waals surface area contributed by atoms with Crippen LogP contribution in [0, 0.1) is 0 Å². The fourth-order valence-electron chi connectivity index (χ4n) is 0.406. The summed E-state index contributed by atoms with van der Waals surface area (Å²) in [4.78, 5) is 9.97. The minimum absolute atomic E-state index is 0.466. The third-order valence-corrected chi connectivity index (χ3v) is 1.13. The molecule has 0 aliphatic carbocycles. The number of aliphatic hydroxyl groups excluding tert-OH is 1. The van der Waals surface area contributed by atoms with Gasteiger partial charge in [0.25, 0.3) is 0 Å². The maximum Gasteiger partial charge on any atom is 0.334 e. The smallest absolute Gasteiger partial charge is 0.334 e. The third kappa shape index (κ3) is 2.43. The van der Waals surface area contributed by atoms with Crippen molar-refractivity contribution >= 4 is 5.97 Å². The van der Waals surface area contributed by atoms with Crippen LogP contribution in [0.2, 0.25) is 0 Å². The van der Waals surface area contributed by atoms with E-state index in [0.29, 0.717) is 6.42 Å². The summed E-state index contributed by atoms with van der Waals surface area (Å²) in [5, 5.41) is 16.8. The Bertz CT molecular complexity index is 104. The SMILES string of the molecule is CCC(N)C(O)C(=O)O. The molecule has 0 bridgehead atoms. The lowest BCUT2D eigenvalue weighted by molar-refractivity contribution is -0.147. The largest absolute Gasteiger partial charge is 0.479 e. The van der Waals surface area contributed by atoms with E-state index in [1.54, 1.807) is 6.92 Å². The van der Waals surface area contributed by atoms with Crippen LogP contribution >= 0.6 is 0 Å². The van der Waals surface area contributed by atoms with E-state index in [2.05, 4.69) is 0 Å². The maximum absolute atomic E-state index is 9.97. The standard InChI is InChI=1S/C5H11NO3/c1-2-3(6)4(7)5(8)9/h3-4,7H,2,6H2,1H3,(H,8,9). The third-order valence-electron chi connectivity index (χ3n) is 1.13. The summed E-state index contributed by atoms with van der Waals surface area (Å²) in [5.74, 6) is -1.26. The number of hydrogen-bond acceptors (Lipinski definition) is 3. The van der Waals surface area contributed by atoms with Gasteiger partial charge in [0.15, 0.2) is 6.10 Å². The topological polar surface area (TPSA) is 83.5 Å². The van der Waals surface area contributed by atoms with Crippen molar-refractivity contribution < 1.29 is 15.0 Å². The Labute approximate surface area is 53.3 Å². The highest BCUT2D eigenvalue weighted by Gasteiger charge is 2.19. The monoisotopic (exact) mass is 133 g/mol. The molecule has 0 saturated heterocycles. The lowest BCUT2D eigenvalue weighted by Crippen LogP contribution is -2.39. The second-order valence-corrected chi connectivity index (χ2v) is 1.86. The van der Waals surface area contributed by atoms with Gasteiger partial charge in [0.2, 0.25) is 0 Å². The van der Waals surface area contributed by atoms with Crippen molar-refractivity contribution in [2.45, 2.75) is 25.5 Å². The molecular weight excluding hydrogens is 122 g/mol. The molecule has 0 spiro atoms. The summed E-state index contributed by atoms with van der Waals surface area (Å²) >= 11 is 0. The van der Waals surface area contributed by atoms with Crippen LogP contribution in [-0.4, -0.2) is 28.3 Å². The van der Waals surface area contributed by atoms with E-state index < -0.39 is 18.1 Å². The van der Waals surface area contributed by atoms with E-state index in [0.717, 1.165) is 0 Å². The normalized spacial score (nSPS) is 16.8. The Hall–Kier alpha value is -0.610. The van der Waals surface area contributed by atoms with Gasteiger partial charge < -0.3 is 15.9 Å². The number of hydrogen-bond donors (Lipinski definition) is 3. The molecule has 0 aromatic rings. The molecule has 4 heteroatoms. The first-order chi connectivity index (χ1) is 4.09. The number of rotatable bonds is 3. The average molecular weight is 133 g/mol. The maximum atomic E-state index is 9.97. The number of aliphatic carboxylic acids is 1. The first-order valence-corrected chi connectivity index (χ1v) is 2.76. The molecule has 54 valence electrons. The summed E-state index contributed by atoms with van der Waals surface area (Å²) in [6.45, 7) is 1.72. The predicted octanol–water partition coefficient (Wildman–Crippen LogP) is -0.831. The van der Waals surface area contributed by atoms with Crippen LogP contribution in [0.15, 0.2) is 0 Å². The molecule has 0 aromatic heterocycles. The van der Waals surface area contributed by atoms with Crippen LogP contribution in [0.4, 0.5) is 0 Å². The van der Waals surface area contributed by atoms with Crippen molar-refractivity contribution in [3.8, 4) is 0 Å². The van der Waals surface area contributed by atoms with Gasteiger partial charge >= 0.3 is 5.97 Å². The van der Waals surface area contributed by atoms with Crippen LogP contribution < -0.4 is 5.73 Å². The van der Waals surface area contributed by atoms with Crippen molar-refractivity contribution in [2.75, 3.05) is 0 Å². The molecule has 0 fully saturated rings. The molecule has 0 amide bonds. The van der Waals surface area contributed by atoms with Crippen LogP contribution in [0.1, 0.15) is 13.3 Å². The van der Waals surface area contributed by atoms with Crippen LogP contribution in [-0.2, 0) is 4.79 Å². The zero-order valence-electron chi connectivity index (χ0n) is 5.24. The van der Waals surface area contributed by atoms with E-state index >= 15 is 0 Å². The Morgan fingerprint density at radius 1 is 1.78 bits per heavy atom. The number of carboxylic acid groups (broad SMARTS) is 1. The summed E-state index contributed by atoms with van der Waals surface area (Å²) < 4.78 is 0. The summed E-state index contributed by atoms with van der Waals surface area (Å²) in [6, 6.07) is -0.650. The zero-order chi connectivity index (χ0) is 7.44. The Morgan fingerprint density at radius 2 is 2.22 bits per heavy atom. The van der Waals surface area contributed by atoms with E-state index in [1.807, 2.05) is 0 Å². The van der Waals surface area contributed by atoms with Gasteiger partial charge in [-0.05, 0) is 6.42 Å². The lowest BCUT2D eigenvalue weighted by Gasteiger charge is -2.11. The Kier molecular flexibility index (Phi) is 3.19. The van der Waals surface area contributed by atoms with Crippen LogP contribution in [0.25, 0.3) is 0 Å². The number of aliphatic hydroxyl groups is 1. The highest BCUT2D eigenvalue weighted by atomic mass is 16.4. The van der Waals surface area contributed by atoms with Gasteiger partial charge in [-0.15, -0.1) is 0 Å².